The van der Waals surface area contributed by atoms with Gasteiger partial charge in [-0.3, -0.25) is 9.59 Å². The third-order valence-corrected chi connectivity index (χ3v) is 3.36. The van der Waals surface area contributed by atoms with Crippen molar-refractivity contribution in [3.05, 3.63) is 0 Å². The van der Waals surface area contributed by atoms with E-state index >= 15 is 0 Å². The Bertz CT molecular complexity index is 175. The van der Waals surface area contributed by atoms with Gasteiger partial charge < -0.3 is 9.47 Å². The lowest BCUT2D eigenvalue weighted by atomic mass is 10.2. The largest absolute Gasteiger partial charge is 0.468 e. The van der Waals surface area contributed by atoms with Crippen LogP contribution in [0.4, 0.5) is 0 Å². The van der Waals surface area contributed by atoms with Crippen molar-refractivity contribution in [1.82, 2.24) is 0 Å². The molecule has 2 atom stereocenters. The van der Waals surface area contributed by atoms with Crippen molar-refractivity contribution >= 4 is 57.1 Å². The smallest absolute Gasteiger partial charge is 0.318 e. The molecular weight excluding hydrogens is 402 g/mol. The van der Waals surface area contributed by atoms with Crippen molar-refractivity contribution in [3.63, 3.8) is 0 Å². The number of rotatable bonds is 4. The van der Waals surface area contributed by atoms with E-state index in [1.54, 1.807) is 0 Å². The average Bonchev–Trinajstić information content (AvgIpc) is 2.14. The van der Waals surface area contributed by atoms with E-state index in [9.17, 15) is 9.59 Å². The van der Waals surface area contributed by atoms with Crippen molar-refractivity contribution in [2.45, 2.75) is 14.3 Å². The predicted octanol–water partition coefficient (Wildman–Crippen LogP) is 1.33. The zero-order chi connectivity index (χ0) is 10.4. The van der Waals surface area contributed by atoms with Crippen LogP contribution in [-0.4, -0.2) is 34.0 Å². The number of carbonyl (C=O) groups excluding carboxylic acids is 2. The lowest BCUT2D eigenvalue weighted by Gasteiger charge is -2.10. The minimum Gasteiger partial charge on any atom is -0.468 e. The summed E-state index contributed by atoms with van der Waals surface area (Å²) in [6.07, 6.45) is 0.431. The third kappa shape index (κ3) is 4.99. The summed E-state index contributed by atoms with van der Waals surface area (Å²) in [5.41, 5.74) is 0. The molecule has 0 aliphatic carbocycles. The highest BCUT2D eigenvalue weighted by molar-refractivity contribution is 14.1. The highest BCUT2D eigenvalue weighted by Crippen LogP contribution is 2.17. The number of hydrogen-bond acceptors (Lipinski definition) is 4. The fourth-order valence-corrected chi connectivity index (χ4v) is 3.13. The summed E-state index contributed by atoms with van der Waals surface area (Å²) in [4.78, 5) is 21.9. The highest BCUT2D eigenvalue weighted by atomic mass is 127. The molecule has 0 spiro atoms. The first-order valence-corrected chi connectivity index (χ1v) is 5.95. The molecule has 0 aromatic rings. The number of hydrogen-bond donors (Lipinski definition) is 0. The molecule has 0 aliphatic rings. The van der Waals surface area contributed by atoms with Gasteiger partial charge in [-0.05, 0) is 6.42 Å². The Balaban J connectivity index is 3.98. The van der Waals surface area contributed by atoms with E-state index < -0.39 is 0 Å². The molecule has 0 aromatic carbocycles. The van der Waals surface area contributed by atoms with Crippen LogP contribution in [0.2, 0.25) is 0 Å². The lowest BCUT2D eigenvalue weighted by molar-refractivity contribution is -0.140. The number of methoxy groups -OCH3 is 2. The van der Waals surface area contributed by atoms with E-state index in [4.69, 9.17) is 0 Å². The summed E-state index contributed by atoms with van der Waals surface area (Å²) in [5, 5.41) is 0. The van der Waals surface area contributed by atoms with Gasteiger partial charge in [0.25, 0.3) is 0 Å². The van der Waals surface area contributed by atoms with E-state index in [1.807, 2.05) is 45.2 Å². The van der Waals surface area contributed by atoms with Crippen LogP contribution in [0.1, 0.15) is 6.42 Å². The molecular formula is C7H10I2O4. The molecule has 0 amide bonds. The predicted molar refractivity (Wildman–Crippen MR) is 64.3 cm³/mol. The highest BCUT2D eigenvalue weighted by Gasteiger charge is 2.24. The molecule has 0 saturated carbocycles. The quantitative estimate of drug-likeness (QED) is 0.398. The van der Waals surface area contributed by atoms with Crippen LogP contribution in [-0.2, 0) is 19.1 Å². The number of alkyl halides is 2. The minimum absolute atomic E-state index is 0.302. The van der Waals surface area contributed by atoms with Gasteiger partial charge in [-0.1, -0.05) is 45.2 Å². The first-order valence-electron chi connectivity index (χ1n) is 3.46. The summed E-state index contributed by atoms with van der Waals surface area (Å²) >= 11 is 3.89. The van der Waals surface area contributed by atoms with Crippen molar-refractivity contribution in [3.8, 4) is 0 Å². The first kappa shape index (κ1) is 13.4. The SMILES string of the molecule is COC(=O)C(I)CC(I)C(=O)OC. The van der Waals surface area contributed by atoms with Crippen molar-refractivity contribution in [1.29, 1.82) is 0 Å². The number of esters is 2. The normalized spacial score (nSPS) is 14.5. The van der Waals surface area contributed by atoms with Crippen LogP contribution in [0, 0.1) is 0 Å². The summed E-state index contributed by atoms with van der Waals surface area (Å²) < 4.78 is 8.44. The molecule has 6 heteroatoms. The second kappa shape index (κ2) is 6.80. The summed E-state index contributed by atoms with van der Waals surface area (Å²) in [7, 11) is 2.66. The topological polar surface area (TPSA) is 52.6 Å². The molecule has 0 saturated heterocycles. The Labute approximate surface area is 104 Å². The number of carbonyl (C=O) groups is 2. The second-order valence-corrected chi connectivity index (χ2v) is 5.22. The van der Waals surface area contributed by atoms with Crippen LogP contribution in [0.25, 0.3) is 0 Å². The maximum Gasteiger partial charge on any atom is 0.318 e. The van der Waals surface area contributed by atoms with E-state index in [0.717, 1.165) is 0 Å². The number of halogens is 2. The summed E-state index contributed by atoms with van der Waals surface area (Å²) in [6, 6.07) is 0. The molecule has 2 unspecified atom stereocenters. The zero-order valence-electron chi connectivity index (χ0n) is 7.25. The molecule has 0 heterocycles. The monoisotopic (exact) mass is 412 g/mol. The van der Waals surface area contributed by atoms with Crippen molar-refractivity contribution in [2.24, 2.45) is 0 Å². The van der Waals surface area contributed by atoms with Gasteiger partial charge >= 0.3 is 11.9 Å². The lowest BCUT2D eigenvalue weighted by Crippen LogP contribution is -2.24. The maximum atomic E-state index is 11.0. The van der Waals surface area contributed by atoms with E-state index in [2.05, 4.69) is 9.47 Å². The van der Waals surface area contributed by atoms with Crippen molar-refractivity contribution in [2.75, 3.05) is 14.2 Å². The fourth-order valence-electron chi connectivity index (χ4n) is 0.630. The standard InChI is InChI=1S/C7H10I2O4/c1-12-6(10)4(8)3-5(9)7(11)13-2/h4-5H,3H2,1-2H3. The van der Waals surface area contributed by atoms with Gasteiger partial charge in [0.15, 0.2) is 0 Å². The van der Waals surface area contributed by atoms with Crippen LogP contribution in [0.3, 0.4) is 0 Å². The molecule has 0 aromatic heterocycles. The van der Waals surface area contributed by atoms with Gasteiger partial charge in [0.2, 0.25) is 0 Å². The summed E-state index contributed by atoms with van der Waals surface area (Å²) in [5.74, 6) is -0.627. The Morgan fingerprint density at radius 2 is 1.38 bits per heavy atom. The molecule has 0 N–H and O–H groups in total. The first-order chi connectivity index (χ1) is 6.02. The Kier molecular flexibility index (Phi) is 7.00. The summed E-state index contributed by atoms with van der Waals surface area (Å²) in [6.45, 7) is 0. The van der Waals surface area contributed by atoms with Gasteiger partial charge in [-0.25, -0.2) is 0 Å². The molecule has 76 valence electrons. The maximum absolute atomic E-state index is 11.0. The Morgan fingerprint density at radius 1 is 1.08 bits per heavy atom. The zero-order valence-corrected chi connectivity index (χ0v) is 11.6. The van der Waals surface area contributed by atoms with E-state index in [-0.39, 0.29) is 19.8 Å². The molecule has 0 aliphatic heterocycles. The van der Waals surface area contributed by atoms with E-state index in [1.165, 1.54) is 14.2 Å². The molecule has 0 rings (SSSR count). The molecule has 0 bridgehead atoms. The van der Waals surface area contributed by atoms with Crippen LogP contribution >= 0.6 is 45.2 Å². The van der Waals surface area contributed by atoms with Crippen LogP contribution in [0.15, 0.2) is 0 Å². The van der Waals surface area contributed by atoms with Gasteiger partial charge in [0.05, 0.1) is 14.2 Å². The van der Waals surface area contributed by atoms with Gasteiger partial charge in [-0.2, -0.15) is 0 Å². The molecule has 0 radical (unpaired) electrons. The molecule has 0 fully saturated rings. The average molecular weight is 412 g/mol. The number of ether oxygens (including phenoxy) is 2. The minimum atomic E-state index is -0.314. The Morgan fingerprint density at radius 3 is 1.62 bits per heavy atom. The molecule has 4 nitrogen and oxygen atoms in total. The third-order valence-electron chi connectivity index (χ3n) is 1.33. The van der Waals surface area contributed by atoms with Crippen molar-refractivity contribution < 1.29 is 19.1 Å². The van der Waals surface area contributed by atoms with Gasteiger partial charge in [0, 0.05) is 0 Å². The van der Waals surface area contributed by atoms with Crippen LogP contribution < -0.4 is 0 Å². The molecule has 13 heavy (non-hydrogen) atoms. The van der Waals surface area contributed by atoms with E-state index in [0.29, 0.717) is 6.42 Å². The van der Waals surface area contributed by atoms with Gasteiger partial charge in [0.1, 0.15) is 7.85 Å². The Hall–Kier alpha value is 0.400. The van der Waals surface area contributed by atoms with Crippen LogP contribution in [0.5, 0.6) is 0 Å². The fraction of sp³-hybridized carbons (Fsp3) is 0.714. The van der Waals surface area contributed by atoms with Gasteiger partial charge in [-0.15, -0.1) is 0 Å². The second-order valence-electron chi connectivity index (χ2n) is 2.22.